The number of halogens is 1. The van der Waals surface area contributed by atoms with Crippen LogP contribution in [0.1, 0.15) is 32.1 Å². The largest absolute Gasteiger partial charge is 0.376 e. The van der Waals surface area contributed by atoms with Crippen molar-refractivity contribution in [3.63, 3.8) is 0 Å². The quantitative estimate of drug-likeness (QED) is 0.838. The van der Waals surface area contributed by atoms with Gasteiger partial charge in [-0.3, -0.25) is 4.79 Å². The van der Waals surface area contributed by atoms with Crippen LogP contribution in [0.15, 0.2) is 0 Å². The Labute approximate surface area is 121 Å². The number of amides is 1. The predicted molar refractivity (Wildman–Crippen MR) is 75.4 cm³/mol. The number of nitrogens with zero attached hydrogens (tertiary/aromatic N) is 1. The second kappa shape index (κ2) is 8.04. The minimum Gasteiger partial charge on any atom is -0.376 e. The van der Waals surface area contributed by atoms with Gasteiger partial charge in [-0.05, 0) is 32.1 Å². The molecule has 2 rings (SSSR count). The highest BCUT2D eigenvalue weighted by atomic mass is 35.5. The molecule has 0 saturated carbocycles. The van der Waals surface area contributed by atoms with Gasteiger partial charge in [-0.15, -0.1) is 12.4 Å². The second-order valence-electron chi connectivity index (χ2n) is 5.27. The lowest BCUT2D eigenvalue weighted by atomic mass is 10.1. The zero-order chi connectivity index (χ0) is 13.0. The zero-order valence-corrected chi connectivity index (χ0v) is 12.4. The molecule has 0 aromatic rings. The minimum absolute atomic E-state index is 0. The number of ether oxygens (including phenoxy) is 2. The molecule has 2 heterocycles. The van der Waals surface area contributed by atoms with E-state index in [2.05, 4.69) is 0 Å². The van der Waals surface area contributed by atoms with Crippen molar-refractivity contribution >= 4 is 18.3 Å². The number of hydrogen-bond acceptors (Lipinski definition) is 4. The molecule has 112 valence electrons. The minimum atomic E-state index is -0.299. The number of carbonyl (C=O) groups is 1. The molecule has 2 aliphatic rings. The van der Waals surface area contributed by atoms with E-state index in [9.17, 15) is 4.79 Å². The molecule has 2 N–H and O–H groups in total. The molecule has 0 spiro atoms. The summed E-state index contributed by atoms with van der Waals surface area (Å²) < 4.78 is 11.3. The zero-order valence-electron chi connectivity index (χ0n) is 11.5. The van der Waals surface area contributed by atoms with Gasteiger partial charge in [0.2, 0.25) is 0 Å². The van der Waals surface area contributed by atoms with E-state index in [4.69, 9.17) is 15.2 Å². The van der Waals surface area contributed by atoms with Gasteiger partial charge in [-0.25, -0.2) is 0 Å². The maximum Gasteiger partial charge on any atom is 0.251 e. The van der Waals surface area contributed by atoms with Crippen LogP contribution >= 0.6 is 12.4 Å². The van der Waals surface area contributed by atoms with E-state index < -0.39 is 0 Å². The number of likely N-dealkylation sites (N-methyl/N-ethyl adjacent to an activating group) is 1. The standard InChI is InChI=1S/C13H24N2O3.ClH/c1-15(9-11-4-2-3-7-17-11)13(16)12-6-5-10(8-14)18-12;/h10-12H,2-9,14H2,1H3;1H/t10-,11?,12+;/m1./s1. The van der Waals surface area contributed by atoms with E-state index in [1.165, 1.54) is 6.42 Å². The third-order valence-corrected chi connectivity index (χ3v) is 3.77. The first-order valence-corrected chi connectivity index (χ1v) is 6.93. The lowest BCUT2D eigenvalue weighted by Gasteiger charge is -2.28. The molecule has 2 aliphatic heterocycles. The molecule has 6 heteroatoms. The van der Waals surface area contributed by atoms with Crippen molar-refractivity contribution < 1.29 is 14.3 Å². The summed E-state index contributed by atoms with van der Waals surface area (Å²) in [5, 5.41) is 0. The normalized spacial score (nSPS) is 30.7. The summed E-state index contributed by atoms with van der Waals surface area (Å²) in [6.45, 7) is 1.99. The highest BCUT2D eigenvalue weighted by Gasteiger charge is 2.32. The molecule has 5 nitrogen and oxygen atoms in total. The molecule has 19 heavy (non-hydrogen) atoms. The second-order valence-corrected chi connectivity index (χ2v) is 5.27. The number of carbonyl (C=O) groups excluding carboxylic acids is 1. The summed E-state index contributed by atoms with van der Waals surface area (Å²) in [4.78, 5) is 13.9. The third-order valence-electron chi connectivity index (χ3n) is 3.77. The molecule has 3 atom stereocenters. The average Bonchev–Trinajstić information content (AvgIpc) is 2.87. The van der Waals surface area contributed by atoms with E-state index in [1.807, 2.05) is 7.05 Å². The first kappa shape index (κ1) is 16.7. The number of rotatable bonds is 4. The Morgan fingerprint density at radius 1 is 1.26 bits per heavy atom. The van der Waals surface area contributed by atoms with E-state index in [0.717, 1.165) is 32.3 Å². The smallest absolute Gasteiger partial charge is 0.251 e. The van der Waals surface area contributed by atoms with Crippen LogP contribution in [-0.4, -0.2) is 55.9 Å². The predicted octanol–water partition coefficient (Wildman–Crippen LogP) is 0.942. The van der Waals surface area contributed by atoms with E-state index in [0.29, 0.717) is 13.1 Å². The Hall–Kier alpha value is -0.360. The summed E-state index contributed by atoms with van der Waals surface area (Å²) in [5.41, 5.74) is 5.55. The van der Waals surface area contributed by atoms with Crippen molar-refractivity contribution in [3.05, 3.63) is 0 Å². The first-order chi connectivity index (χ1) is 8.70. The van der Waals surface area contributed by atoms with Gasteiger partial charge in [0.25, 0.3) is 5.91 Å². The summed E-state index contributed by atoms with van der Waals surface area (Å²) in [5.74, 6) is 0.0696. The maximum absolute atomic E-state index is 12.2. The van der Waals surface area contributed by atoms with Crippen LogP contribution in [0.5, 0.6) is 0 Å². The Bertz CT molecular complexity index is 285. The summed E-state index contributed by atoms with van der Waals surface area (Å²) in [6, 6.07) is 0. The lowest BCUT2D eigenvalue weighted by Crippen LogP contribution is -2.42. The van der Waals surface area contributed by atoms with Gasteiger partial charge < -0.3 is 20.1 Å². The molecule has 2 fully saturated rings. The average molecular weight is 293 g/mol. The summed E-state index contributed by atoms with van der Waals surface area (Å²) >= 11 is 0. The van der Waals surface area contributed by atoms with Crippen molar-refractivity contribution in [1.29, 1.82) is 0 Å². The van der Waals surface area contributed by atoms with Crippen LogP contribution in [0.2, 0.25) is 0 Å². The highest BCUT2D eigenvalue weighted by molar-refractivity contribution is 5.85. The molecule has 0 bridgehead atoms. The summed E-state index contributed by atoms with van der Waals surface area (Å²) in [6.07, 6.45) is 5.01. The number of nitrogens with two attached hydrogens (primary N) is 1. The van der Waals surface area contributed by atoms with Crippen molar-refractivity contribution in [2.45, 2.75) is 50.4 Å². The highest BCUT2D eigenvalue weighted by Crippen LogP contribution is 2.21. The molecule has 0 aliphatic carbocycles. The van der Waals surface area contributed by atoms with Gasteiger partial charge in [0.1, 0.15) is 6.10 Å². The van der Waals surface area contributed by atoms with E-state index >= 15 is 0 Å². The van der Waals surface area contributed by atoms with E-state index in [1.54, 1.807) is 4.90 Å². The molecule has 0 aromatic heterocycles. The van der Waals surface area contributed by atoms with Gasteiger partial charge in [-0.1, -0.05) is 0 Å². The first-order valence-electron chi connectivity index (χ1n) is 6.93. The van der Waals surface area contributed by atoms with Gasteiger partial charge in [0.05, 0.1) is 12.2 Å². The van der Waals surface area contributed by atoms with Gasteiger partial charge in [0, 0.05) is 26.7 Å². The third kappa shape index (κ3) is 4.60. The molecule has 0 aromatic carbocycles. The van der Waals surface area contributed by atoms with Crippen LogP contribution in [0, 0.1) is 0 Å². The summed E-state index contributed by atoms with van der Waals surface area (Å²) in [7, 11) is 1.83. The Morgan fingerprint density at radius 2 is 2.05 bits per heavy atom. The molecule has 0 radical (unpaired) electrons. The Balaban J connectivity index is 0.00000180. The maximum atomic E-state index is 12.2. The molecular weight excluding hydrogens is 268 g/mol. The fourth-order valence-corrected chi connectivity index (χ4v) is 2.65. The Morgan fingerprint density at radius 3 is 2.63 bits per heavy atom. The van der Waals surface area contributed by atoms with Crippen molar-refractivity contribution in [2.24, 2.45) is 5.73 Å². The Kier molecular flexibility index (Phi) is 7.07. The lowest BCUT2D eigenvalue weighted by molar-refractivity contribution is -0.143. The molecule has 2 saturated heterocycles. The van der Waals surface area contributed by atoms with E-state index in [-0.39, 0.29) is 36.6 Å². The fourth-order valence-electron chi connectivity index (χ4n) is 2.65. The van der Waals surface area contributed by atoms with Crippen molar-refractivity contribution in [2.75, 3.05) is 26.7 Å². The van der Waals surface area contributed by atoms with Crippen LogP contribution in [0.3, 0.4) is 0 Å². The number of hydrogen-bond donors (Lipinski definition) is 1. The van der Waals surface area contributed by atoms with Crippen LogP contribution < -0.4 is 5.73 Å². The topological polar surface area (TPSA) is 64.8 Å². The SMILES string of the molecule is CN(CC1CCCCO1)C(=O)[C@@H]1CC[C@H](CN)O1.Cl. The van der Waals surface area contributed by atoms with Gasteiger partial charge in [-0.2, -0.15) is 0 Å². The van der Waals surface area contributed by atoms with Crippen molar-refractivity contribution in [3.8, 4) is 0 Å². The monoisotopic (exact) mass is 292 g/mol. The molecule has 1 amide bonds. The van der Waals surface area contributed by atoms with Gasteiger partial charge in [0.15, 0.2) is 0 Å². The van der Waals surface area contributed by atoms with Crippen LogP contribution in [0.25, 0.3) is 0 Å². The van der Waals surface area contributed by atoms with Crippen molar-refractivity contribution in [1.82, 2.24) is 4.90 Å². The fraction of sp³-hybridized carbons (Fsp3) is 0.923. The van der Waals surface area contributed by atoms with Crippen LogP contribution in [-0.2, 0) is 14.3 Å². The van der Waals surface area contributed by atoms with Gasteiger partial charge >= 0.3 is 0 Å². The molecular formula is C13H25ClN2O3. The van der Waals surface area contributed by atoms with Crippen LogP contribution in [0.4, 0.5) is 0 Å². The molecule has 1 unspecified atom stereocenters.